The summed E-state index contributed by atoms with van der Waals surface area (Å²) < 4.78 is 46.1. The number of halogens is 3. The fourth-order valence-electron chi connectivity index (χ4n) is 3.03. The minimum atomic E-state index is -4.69. The number of nitrogens with one attached hydrogen (secondary N) is 2. The molecule has 152 valence electrons. The van der Waals surface area contributed by atoms with Crippen LogP contribution in [0.15, 0.2) is 24.3 Å². The second-order valence-electron chi connectivity index (χ2n) is 7.77. The zero-order valence-corrected chi connectivity index (χ0v) is 15.9. The summed E-state index contributed by atoms with van der Waals surface area (Å²) >= 11 is 0. The summed E-state index contributed by atoms with van der Waals surface area (Å²) in [5, 5.41) is 6.25. The van der Waals surface area contributed by atoms with Crippen molar-refractivity contribution in [2.45, 2.75) is 77.0 Å². The van der Waals surface area contributed by atoms with Crippen molar-refractivity contribution in [3.05, 3.63) is 29.8 Å². The minimum absolute atomic E-state index is 0.0846. The molecule has 0 aromatic heterocycles. The van der Waals surface area contributed by atoms with E-state index in [1.807, 2.05) is 20.8 Å². The molecule has 0 bridgehead atoms. The molecule has 0 spiro atoms. The maximum atomic E-state index is 12.3. The van der Waals surface area contributed by atoms with Gasteiger partial charge in [0.15, 0.2) is 0 Å². The summed E-state index contributed by atoms with van der Waals surface area (Å²) in [5.74, 6) is -0.216. The molecule has 1 aliphatic carbocycles. The number of hydrogen-bond donors (Lipinski definition) is 2. The van der Waals surface area contributed by atoms with Crippen molar-refractivity contribution in [2.75, 3.05) is 0 Å². The van der Waals surface area contributed by atoms with Gasteiger partial charge in [-0.25, -0.2) is 4.79 Å². The van der Waals surface area contributed by atoms with Crippen LogP contribution in [0.3, 0.4) is 0 Å². The van der Waals surface area contributed by atoms with E-state index in [0.29, 0.717) is 6.54 Å². The topological polar surface area (TPSA) is 59.6 Å². The molecule has 1 aromatic rings. The third-order valence-corrected chi connectivity index (χ3v) is 4.17. The van der Waals surface area contributed by atoms with Gasteiger partial charge in [0.05, 0.1) is 0 Å². The molecule has 0 aliphatic heterocycles. The normalized spacial score (nSPS) is 20.8. The quantitative estimate of drug-likeness (QED) is 0.779. The van der Waals surface area contributed by atoms with E-state index >= 15 is 0 Å². The van der Waals surface area contributed by atoms with Crippen LogP contribution in [0.25, 0.3) is 0 Å². The number of alkyl carbamates (subject to hydrolysis) is 1. The van der Waals surface area contributed by atoms with Crippen LogP contribution in [0.2, 0.25) is 0 Å². The highest BCUT2D eigenvalue weighted by Gasteiger charge is 2.31. The molecule has 1 saturated carbocycles. The van der Waals surface area contributed by atoms with Crippen molar-refractivity contribution in [3.8, 4) is 5.75 Å². The minimum Gasteiger partial charge on any atom is -0.444 e. The Morgan fingerprint density at radius 3 is 2.33 bits per heavy atom. The third kappa shape index (κ3) is 8.51. The molecule has 1 aliphatic rings. The Bertz CT molecular complexity index is 621. The second kappa shape index (κ2) is 8.82. The van der Waals surface area contributed by atoms with Crippen molar-refractivity contribution in [3.63, 3.8) is 0 Å². The number of benzene rings is 1. The molecule has 0 saturated heterocycles. The van der Waals surface area contributed by atoms with Crippen LogP contribution in [0, 0.1) is 0 Å². The van der Waals surface area contributed by atoms with E-state index in [0.717, 1.165) is 31.2 Å². The first-order chi connectivity index (χ1) is 12.5. The van der Waals surface area contributed by atoms with Crippen molar-refractivity contribution >= 4 is 6.09 Å². The fourth-order valence-corrected chi connectivity index (χ4v) is 3.03. The van der Waals surface area contributed by atoms with Gasteiger partial charge >= 0.3 is 12.5 Å². The van der Waals surface area contributed by atoms with Crippen LogP contribution in [0.1, 0.15) is 52.0 Å². The molecule has 27 heavy (non-hydrogen) atoms. The zero-order chi connectivity index (χ0) is 20.1. The number of rotatable bonds is 5. The number of alkyl halides is 3. The van der Waals surface area contributed by atoms with Gasteiger partial charge in [0, 0.05) is 18.6 Å². The maximum absolute atomic E-state index is 12.3. The van der Waals surface area contributed by atoms with E-state index < -0.39 is 18.1 Å². The Morgan fingerprint density at radius 2 is 1.74 bits per heavy atom. The van der Waals surface area contributed by atoms with Crippen molar-refractivity contribution in [1.82, 2.24) is 10.6 Å². The molecule has 5 nitrogen and oxygen atoms in total. The summed E-state index contributed by atoms with van der Waals surface area (Å²) in [5.41, 5.74) is 0.207. The number of ether oxygens (including phenoxy) is 2. The van der Waals surface area contributed by atoms with E-state index in [1.54, 1.807) is 12.1 Å². The Morgan fingerprint density at radius 1 is 1.11 bits per heavy atom. The largest absolute Gasteiger partial charge is 0.573 e. The van der Waals surface area contributed by atoms with Gasteiger partial charge in [0.25, 0.3) is 0 Å². The van der Waals surface area contributed by atoms with Gasteiger partial charge in [-0.05, 0) is 64.2 Å². The lowest BCUT2D eigenvalue weighted by molar-refractivity contribution is -0.274. The van der Waals surface area contributed by atoms with E-state index in [-0.39, 0.29) is 17.8 Å². The Kier molecular flexibility index (Phi) is 6.97. The maximum Gasteiger partial charge on any atom is 0.573 e. The summed E-state index contributed by atoms with van der Waals surface area (Å²) in [4.78, 5) is 11.8. The van der Waals surface area contributed by atoms with Crippen LogP contribution in [-0.4, -0.2) is 30.1 Å². The molecule has 0 radical (unpaired) electrons. The predicted molar refractivity (Wildman–Crippen MR) is 95.4 cm³/mol. The molecule has 1 fully saturated rings. The molecule has 2 rings (SSSR count). The SMILES string of the molecule is CC(C)(C)OC(=O)NC1CCC(NCc2cccc(OC(F)(F)F)c2)CC1. The zero-order valence-electron chi connectivity index (χ0n) is 15.9. The van der Waals surface area contributed by atoms with E-state index in [2.05, 4.69) is 15.4 Å². The number of carbonyl (C=O) groups is 1. The molecule has 1 amide bonds. The lowest BCUT2D eigenvalue weighted by Gasteiger charge is -2.30. The standard InChI is InChI=1S/C19H27F3N2O3/c1-18(2,3)27-17(25)24-15-9-7-14(8-10-15)23-12-13-5-4-6-16(11-13)26-19(20,21)22/h4-6,11,14-15,23H,7-10,12H2,1-3H3,(H,24,25). The van der Waals surface area contributed by atoms with E-state index in [1.165, 1.54) is 12.1 Å². The second-order valence-corrected chi connectivity index (χ2v) is 7.77. The van der Waals surface area contributed by atoms with Gasteiger partial charge in [0.1, 0.15) is 11.4 Å². The fraction of sp³-hybridized carbons (Fsp3) is 0.632. The van der Waals surface area contributed by atoms with Crippen LogP contribution in [-0.2, 0) is 11.3 Å². The first kappa shape index (κ1) is 21.3. The van der Waals surface area contributed by atoms with Crippen LogP contribution in [0.4, 0.5) is 18.0 Å². The lowest BCUT2D eigenvalue weighted by Crippen LogP contribution is -2.43. The molecule has 0 heterocycles. The predicted octanol–water partition coefficient (Wildman–Crippen LogP) is 4.51. The third-order valence-electron chi connectivity index (χ3n) is 4.17. The Hall–Kier alpha value is -1.96. The molecule has 1 aromatic carbocycles. The van der Waals surface area contributed by atoms with Gasteiger partial charge < -0.3 is 20.1 Å². The average Bonchev–Trinajstić information content (AvgIpc) is 2.51. The van der Waals surface area contributed by atoms with Gasteiger partial charge in [-0.3, -0.25) is 0 Å². The average molecular weight is 388 g/mol. The highest BCUT2D eigenvalue weighted by molar-refractivity contribution is 5.68. The van der Waals surface area contributed by atoms with Crippen molar-refractivity contribution < 1.29 is 27.4 Å². The lowest BCUT2D eigenvalue weighted by atomic mass is 9.91. The van der Waals surface area contributed by atoms with Crippen molar-refractivity contribution in [1.29, 1.82) is 0 Å². The van der Waals surface area contributed by atoms with Crippen LogP contribution >= 0.6 is 0 Å². The number of hydrogen-bond acceptors (Lipinski definition) is 4. The van der Waals surface area contributed by atoms with Crippen molar-refractivity contribution in [2.24, 2.45) is 0 Å². The molecule has 0 unspecified atom stereocenters. The monoisotopic (exact) mass is 388 g/mol. The molecule has 0 atom stereocenters. The number of amides is 1. The van der Waals surface area contributed by atoms with Gasteiger partial charge in [-0.1, -0.05) is 12.1 Å². The van der Waals surface area contributed by atoms with E-state index in [4.69, 9.17) is 4.74 Å². The van der Waals surface area contributed by atoms with Gasteiger partial charge in [-0.2, -0.15) is 0 Å². The summed E-state index contributed by atoms with van der Waals surface area (Å²) in [7, 11) is 0. The van der Waals surface area contributed by atoms with Gasteiger partial charge in [0.2, 0.25) is 0 Å². The smallest absolute Gasteiger partial charge is 0.444 e. The first-order valence-electron chi connectivity index (χ1n) is 9.08. The summed E-state index contributed by atoms with van der Waals surface area (Å²) in [6.07, 6.45) is -1.69. The molecular weight excluding hydrogens is 361 g/mol. The van der Waals surface area contributed by atoms with Crippen LogP contribution in [0.5, 0.6) is 5.75 Å². The molecule has 2 N–H and O–H groups in total. The number of carbonyl (C=O) groups excluding carboxylic acids is 1. The first-order valence-corrected chi connectivity index (χ1v) is 9.08. The Balaban J connectivity index is 1.73. The summed E-state index contributed by atoms with van der Waals surface area (Å²) in [6, 6.07) is 6.31. The van der Waals surface area contributed by atoms with Gasteiger partial charge in [-0.15, -0.1) is 13.2 Å². The highest BCUT2D eigenvalue weighted by Crippen LogP contribution is 2.24. The summed E-state index contributed by atoms with van der Waals surface area (Å²) in [6.45, 7) is 5.93. The Labute approximate surface area is 157 Å². The van der Waals surface area contributed by atoms with E-state index in [9.17, 15) is 18.0 Å². The highest BCUT2D eigenvalue weighted by atomic mass is 19.4. The molecular formula is C19H27F3N2O3. The van der Waals surface area contributed by atoms with Crippen LogP contribution < -0.4 is 15.4 Å². The molecule has 8 heteroatoms.